The molecule has 1 aromatic carbocycles. The van der Waals surface area contributed by atoms with Crippen LogP contribution in [-0.4, -0.2) is 65.6 Å². The Morgan fingerprint density at radius 1 is 1.13 bits per heavy atom. The van der Waals surface area contributed by atoms with Crippen LogP contribution in [0.1, 0.15) is 74.4 Å². The second-order valence-electron chi connectivity index (χ2n) is 11.1. The molecule has 2 unspecified atom stereocenters. The molecule has 0 radical (unpaired) electrons. The van der Waals surface area contributed by atoms with E-state index in [4.69, 9.17) is 4.99 Å². The molecule has 2 heterocycles. The highest BCUT2D eigenvalue weighted by molar-refractivity contribution is 5.89. The summed E-state index contributed by atoms with van der Waals surface area (Å²) in [5.41, 5.74) is 6.68. The first-order valence-corrected chi connectivity index (χ1v) is 14.2. The quantitative estimate of drug-likeness (QED) is 0.239. The molecule has 38 heavy (non-hydrogen) atoms. The highest BCUT2D eigenvalue weighted by atomic mass is 16.1. The van der Waals surface area contributed by atoms with E-state index in [0.717, 1.165) is 68.4 Å². The van der Waals surface area contributed by atoms with E-state index >= 15 is 0 Å². The molecular weight excluding hydrogens is 468 g/mol. The number of fused-ring (bicyclic) bond motifs is 1. The van der Waals surface area contributed by atoms with Crippen molar-refractivity contribution < 1.29 is 7.65 Å². The van der Waals surface area contributed by atoms with Crippen LogP contribution < -0.4 is 0 Å². The number of hydrogen-bond donors (Lipinski definition) is 0. The fraction of sp³-hybridized carbons (Fsp3) is 0.515. The van der Waals surface area contributed by atoms with Crippen molar-refractivity contribution >= 4 is 17.2 Å². The fourth-order valence-electron chi connectivity index (χ4n) is 5.44. The van der Waals surface area contributed by atoms with Crippen LogP contribution in [0, 0.1) is 5.41 Å². The minimum absolute atomic E-state index is 0. The lowest BCUT2D eigenvalue weighted by Crippen LogP contribution is -2.43. The highest BCUT2D eigenvalue weighted by Gasteiger charge is 2.29. The Balaban J connectivity index is 0.00000196. The summed E-state index contributed by atoms with van der Waals surface area (Å²) in [5.74, 6) is 1.26. The molecule has 1 saturated heterocycles. The fourth-order valence-corrected chi connectivity index (χ4v) is 5.44. The third-order valence-corrected chi connectivity index (χ3v) is 8.08. The highest BCUT2D eigenvalue weighted by Crippen LogP contribution is 2.36. The predicted octanol–water partition coefficient (Wildman–Crippen LogP) is 6.97. The van der Waals surface area contributed by atoms with Crippen molar-refractivity contribution in [3.8, 4) is 0 Å². The number of nitrogens with zero attached hydrogens (tertiary/aromatic N) is 4. The molecule has 1 aromatic rings. The van der Waals surface area contributed by atoms with Gasteiger partial charge in [-0.25, -0.2) is 4.99 Å². The van der Waals surface area contributed by atoms with Crippen LogP contribution in [0.4, 0.5) is 0 Å². The SMILES string of the molecule is C=C(/C=C(/C)N=C(C)N1Cc2cc(C3=CC(C)(C(C)=O)CC=C3)ccc2CC1C)N1CCN(C)CC1.CC.[HH].[HH]. The number of likely N-dealkylation sites (N-methyl/N-ethyl adjacent to an activating group) is 1. The molecule has 5 heteroatoms. The monoisotopic (exact) mass is 520 g/mol. The second kappa shape index (κ2) is 12.8. The van der Waals surface area contributed by atoms with E-state index in [0.29, 0.717) is 6.04 Å². The van der Waals surface area contributed by atoms with Crippen molar-refractivity contribution in [3.63, 3.8) is 0 Å². The van der Waals surface area contributed by atoms with E-state index in [1.165, 1.54) is 16.7 Å². The molecule has 210 valence electrons. The predicted molar refractivity (Wildman–Crippen MR) is 166 cm³/mol. The van der Waals surface area contributed by atoms with Crippen molar-refractivity contribution in [2.75, 3.05) is 33.2 Å². The molecular formula is C33H52N4O. The lowest BCUT2D eigenvalue weighted by atomic mass is 9.77. The first-order valence-electron chi connectivity index (χ1n) is 14.2. The van der Waals surface area contributed by atoms with E-state index in [-0.39, 0.29) is 8.64 Å². The number of carbonyl (C=O) groups is 1. The van der Waals surface area contributed by atoms with Crippen molar-refractivity contribution in [2.45, 2.75) is 73.9 Å². The molecule has 0 amide bonds. The van der Waals surface area contributed by atoms with Crippen molar-refractivity contribution in [2.24, 2.45) is 10.4 Å². The van der Waals surface area contributed by atoms with E-state index in [2.05, 4.69) is 91.6 Å². The number of rotatable bonds is 5. The molecule has 3 aliphatic rings. The van der Waals surface area contributed by atoms with Gasteiger partial charge in [0, 0.05) is 58.4 Å². The summed E-state index contributed by atoms with van der Waals surface area (Å²) < 4.78 is 0. The summed E-state index contributed by atoms with van der Waals surface area (Å²) in [7, 11) is 2.17. The number of carbonyl (C=O) groups excluding carboxylic acids is 1. The van der Waals surface area contributed by atoms with Gasteiger partial charge < -0.3 is 14.7 Å². The number of hydrogen-bond acceptors (Lipinski definition) is 4. The third-order valence-electron chi connectivity index (χ3n) is 8.08. The zero-order valence-corrected chi connectivity index (χ0v) is 25.0. The van der Waals surface area contributed by atoms with E-state index < -0.39 is 5.41 Å². The van der Waals surface area contributed by atoms with Gasteiger partial charge in [0.2, 0.25) is 0 Å². The first kappa shape index (κ1) is 29.6. The van der Waals surface area contributed by atoms with Crippen LogP contribution >= 0.6 is 0 Å². The van der Waals surface area contributed by atoms with Gasteiger partial charge in [-0.2, -0.15) is 0 Å². The summed E-state index contributed by atoms with van der Waals surface area (Å²) in [4.78, 5) is 24.3. The minimum atomic E-state index is -0.415. The van der Waals surface area contributed by atoms with Gasteiger partial charge in [0.15, 0.2) is 0 Å². The first-order chi connectivity index (χ1) is 18.1. The number of aliphatic imine (C=N–C) groups is 1. The molecule has 0 bridgehead atoms. The van der Waals surface area contributed by atoms with Crippen molar-refractivity contribution in [1.29, 1.82) is 0 Å². The van der Waals surface area contributed by atoms with Crippen LogP contribution in [0.15, 0.2) is 65.5 Å². The lowest BCUT2D eigenvalue weighted by Gasteiger charge is -2.37. The van der Waals surface area contributed by atoms with Crippen LogP contribution in [0.3, 0.4) is 0 Å². The molecule has 2 atom stereocenters. The molecule has 0 aromatic heterocycles. The number of piperazine rings is 1. The maximum absolute atomic E-state index is 12.2. The normalized spacial score (nSPS) is 24.3. The maximum atomic E-state index is 12.2. The molecule has 1 aliphatic carbocycles. The Hall–Kier alpha value is -2.92. The van der Waals surface area contributed by atoms with Gasteiger partial charge in [-0.1, -0.05) is 50.8 Å². The van der Waals surface area contributed by atoms with Gasteiger partial charge >= 0.3 is 0 Å². The van der Waals surface area contributed by atoms with Crippen LogP contribution in [-0.2, 0) is 17.8 Å². The summed E-state index contributed by atoms with van der Waals surface area (Å²) in [6.45, 7) is 23.5. The van der Waals surface area contributed by atoms with Gasteiger partial charge in [-0.15, -0.1) is 0 Å². The Morgan fingerprint density at radius 3 is 2.47 bits per heavy atom. The summed E-state index contributed by atoms with van der Waals surface area (Å²) in [6.07, 6.45) is 10.3. The topological polar surface area (TPSA) is 39.2 Å². The third kappa shape index (κ3) is 6.93. The number of allylic oxidation sites excluding steroid dienone is 6. The Labute approximate surface area is 234 Å². The summed E-state index contributed by atoms with van der Waals surface area (Å²) in [5, 5.41) is 0. The largest absolute Gasteiger partial charge is 0.369 e. The Kier molecular flexibility index (Phi) is 9.94. The smallest absolute Gasteiger partial charge is 0.139 e. The second-order valence-corrected chi connectivity index (χ2v) is 11.1. The average molecular weight is 521 g/mol. The van der Waals surface area contributed by atoms with Gasteiger partial charge in [0.1, 0.15) is 11.6 Å². The van der Waals surface area contributed by atoms with Gasteiger partial charge in [0.25, 0.3) is 0 Å². The van der Waals surface area contributed by atoms with Gasteiger partial charge in [0.05, 0.1) is 0 Å². The number of amidine groups is 1. The average Bonchev–Trinajstić information content (AvgIpc) is 2.89. The molecule has 0 saturated carbocycles. The molecule has 1 fully saturated rings. The van der Waals surface area contributed by atoms with Crippen LogP contribution in [0.25, 0.3) is 5.57 Å². The molecule has 4 rings (SSSR count). The van der Waals surface area contributed by atoms with Gasteiger partial charge in [-0.05, 0) is 88.9 Å². The Morgan fingerprint density at radius 2 is 1.82 bits per heavy atom. The number of benzene rings is 1. The Bertz CT molecular complexity index is 1160. The number of ketones is 1. The maximum Gasteiger partial charge on any atom is 0.139 e. The van der Waals surface area contributed by atoms with E-state index in [9.17, 15) is 4.79 Å². The van der Waals surface area contributed by atoms with E-state index in [1.807, 2.05) is 20.8 Å². The molecule has 2 aliphatic heterocycles. The standard InChI is InChI=1S/C31H42N4O.C2H6.2H2/c1-22(17-23(2)34-15-13-33(7)14-16-34)32-26(5)35-21-30-19-28(11-10-27(30)18-24(35)3)29-9-8-12-31(6,20-29)25(4)36;1-2;;/h8-11,17,19-20,24H,2,12-16,18,21H2,1,3-7H3;1-2H3;2*1H/b22-17-,32-26?;;;. The zero-order chi connectivity index (χ0) is 28.0. The molecule has 0 N–H and O–H groups in total. The van der Waals surface area contributed by atoms with Crippen LogP contribution in [0.2, 0.25) is 0 Å². The molecule has 5 nitrogen and oxygen atoms in total. The minimum Gasteiger partial charge on any atom is -0.369 e. The van der Waals surface area contributed by atoms with E-state index in [1.54, 1.807) is 6.92 Å². The van der Waals surface area contributed by atoms with Crippen molar-refractivity contribution in [1.82, 2.24) is 14.7 Å². The lowest BCUT2D eigenvalue weighted by molar-refractivity contribution is -0.123. The van der Waals surface area contributed by atoms with Crippen LogP contribution in [0.5, 0.6) is 0 Å². The molecule has 0 spiro atoms. The number of Topliss-reactive ketones (excluding diaryl/α,β-unsaturated/α-hetero) is 1. The summed E-state index contributed by atoms with van der Waals surface area (Å²) in [6, 6.07) is 7.17. The van der Waals surface area contributed by atoms with Gasteiger partial charge in [-0.3, -0.25) is 4.79 Å². The zero-order valence-electron chi connectivity index (χ0n) is 25.0. The van der Waals surface area contributed by atoms with Crippen molar-refractivity contribution in [3.05, 3.63) is 77.2 Å². The summed E-state index contributed by atoms with van der Waals surface area (Å²) >= 11 is 0.